The number of nitrogens with two attached hydrogens (primary N) is 4. The van der Waals surface area contributed by atoms with Crippen molar-refractivity contribution in [2.45, 2.75) is 138 Å². The monoisotopic (exact) mass is 1130 g/mol. The van der Waals surface area contributed by atoms with Crippen LogP contribution in [0.25, 0.3) is 0 Å². The van der Waals surface area contributed by atoms with E-state index < -0.39 is 164 Å². The van der Waals surface area contributed by atoms with Gasteiger partial charge in [0.25, 0.3) is 0 Å². The summed E-state index contributed by atoms with van der Waals surface area (Å²) in [5.41, 5.74) is 21.9. The van der Waals surface area contributed by atoms with E-state index in [0.717, 1.165) is 0 Å². The molecule has 0 saturated carbocycles. The van der Waals surface area contributed by atoms with Gasteiger partial charge in [0, 0.05) is 33.1 Å². The van der Waals surface area contributed by atoms with E-state index in [1.165, 1.54) is 21.0 Å². The van der Waals surface area contributed by atoms with Crippen LogP contribution in [0.4, 0.5) is 0 Å². The summed E-state index contributed by atoms with van der Waals surface area (Å²) in [5, 5.41) is 92.5. The average molecular weight is 1130 g/mol. The lowest BCUT2D eigenvalue weighted by molar-refractivity contribution is -0.141. The molecule has 0 aromatic rings. The molecule has 35 heteroatoms. The zero-order valence-corrected chi connectivity index (χ0v) is 44.5. The van der Waals surface area contributed by atoms with Crippen LogP contribution in [0.1, 0.15) is 84.0 Å². The second-order valence-electron chi connectivity index (χ2n) is 17.7. The number of aliphatic hydroxyl groups is 2. The Hall–Kier alpha value is -8.18. The summed E-state index contributed by atoms with van der Waals surface area (Å²) in [4.78, 5) is 145. The fourth-order valence-electron chi connectivity index (χ4n) is 7.06. The highest BCUT2D eigenvalue weighted by Crippen LogP contribution is 2.10. The predicted molar refractivity (Wildman–Crippen MR) is 282 cm³/mol. The maximum Gasteiger partial charge on any atom is 0.305 e. The van der Waals surface area contributed by atoms with Gasteiger partial charge in [0.05, 0.1) is 19.6 Å². The zero-order valence-electron chi connectivity index (χ0n) is 44.5. The molecule has 0 spiro atoms. The third-order valence-corrected chi connectivity index (χ3v) is 11.4. The molecule has 0 rings (SSSR count). The van der Waals surface area contributed by atoms with Crippen LogP contribution in [0.5, 0.6) is 0 Å². The van der Waals surface area contributed by atoms with Crippen LogP contribution < -0.4 is 92.1 Å². The number of amides is 9. The second kappa shape index (κ2) is 39.2. The first-order valence-corrected chi connectivity index (χ1v) is 25.2. The van der Waals surface area contributed by atoms with E-state index in [2.05, 4.69) is 69.1 Å². The van der Waals surface area contributed by atoms with Crippen LogP contribution in [0, 0.1) is 16.2 Å². The first kappa shape index (κ1) is 70.8. The number of rotatable bonds is 41. The highest BCUT2D eigenvalue weighted by Gasteiger charge is 2.35. The maximum absolute atomic E-state index is 14.3. The van der Waals surface area contributed by atoms with Crippen LogP contribution >= 0.6 is 0 Å². The predicted octanol–water partition coefficient (Wildman–Crippen LogP) is -9.54. The van der Waals surface area contributed by atoms with Crippen molar-refractivity contribution in [3.05, 3.63) is 0 Å². The number of aliphatic carboxylic acids is 2. The third kappa shape index (κ3) is 30.4. The van der Waals surface area contributed by atoms with Gasteiger partial charge in [-0.05, 0) is 84.7 Å². The van der Waals surface area contributed by atoms with Gasteiger partial charge in [-0.15, -0.1) is 0 Å². The van der Waals surface area contributed by atoms with Gasteiger partial charge in [-0.1, -0.05) is 0 Å². The topological polar surface area (TPSA) is 601 Å². The molecule has 0 aliphatic rings. The number of guanidine groups is 3. The zero-order chi connectivity index (χ0) is 60.2. The number of hydrogen-bond acceptors (Lipinski definition) is 18. The fraction of sp³-hybridized carbons (Fsp3) is 0.682. The van der Waals surface area contributed by atoms with Crippen LogP contribution in [0.3, 0.4) is 0 Å². The first-order valence-electron chi connectivity index (χ1n) is 25.2. The summed E-state index contributed by atoms with van der Waals surface area (Å²) in [6.45, 7) is -0.320. The van der Waals surface area contributed by atoms with Crippen molar-refractivity contribution in [1.82, 2.24) is 69.1 Å². The lowest BCUT2D eigenvalue weighted by Crippen LogP contribution is -2.60. The van der Waals surface area contributed by atoms with Gasteiger partial charge in [-0.25, -0.2) is 0 Å². The number of likely N-dealkylation sites (N-methyl/N-ethyl adjacent to an activating group) is 2. The number of nitrogens with one attached hydrogen (secondary N) is 16. The second-order valence-corrected chi connectivity index (χ2v) is 17.7. The Morgan fingerprint density at radius 2 is 0.747 bits per heavy atom. The van der Waals surface area contributed by atoms with Gasteiger partial charge < -0.3 is 112 Å². The molecule has 0 aromatic carbocycles. The van der Waals surface area contributed by atoms with Crippen molar-refractivity contribution in [2.75, 3.05) is 53.5 Å². The SMILES string of the molecule is CNC(=O)[C@H](CC(=O)O)NC(=O)[C@H](C)NC(=O)[C@H](CO)NC(=O)[C@H](CCCNC(=N)N)NC(=O)[C@H](CCCNC(=N)N)NC(=O)[C@@H](CCCCN)NC(=O)[C@H](CCC(=O)O)NC(=O)[C@H](CCCNC(=N)N)NC(=O)[C@H](CO)NC. The maximum atomic E-state index is 14.3. The van der Waals surface area contributed by atoms with Gasteiger partial charge in [-0.3, -0.25) is 69.0 Å². The molecular formula is C44H82N20O15. The summed E-state index contributed by atoms with van der Waals surface area (Å²) in [6.07, 6.45) is -1.90. The number of hydrogen-bond donors (Lipinski definition) is 24. The normalized spacial score (nSPS) is 14.2. The van der Waals surface area contributed by atoms with Crippen molar-refractivity contribution in [3.63, 3.8) is 0 Å². The van der Waals surface area contributed by atoms with Gasteiger partial charge in [0.1, 0.15) is 54.4 Å². The number of unbranched alkanes of at least 4 members (excludes halogenated alkanes) is 1. The van der Waals surface area contributed by atoms with Crippen LogP contribution in [-0.4, -0.2) is 211 Å². The highest BCUT2D eigenvalue weighted by atomic mass is 16.4. The molecular weight excluding hydrogens is 1050 g/mol. The first-order chi connectivity index (χ1) is 37.2. The molecule has 0 heterocycles. The fourth-order valence-corrected chi connectivity index (χ4v) is 7.06. The molecule has 448 valence electrons. The number of carbonyl (C=O) groups excluding carboxylic acids is 9. The summed E-state index contributed by atoms with van der Waals surface area (Å²) in [5.74, 6) is -12.9. The highest BCUT2D eigenvalue weighted by molar-refractivity contribution is 5.98. The molecule has 0 aliphatic heterocycles. The minimum atomic E-state index is -1.78. The lowest BCUT2D eigenvalue weighted by atomic mass is 10.0. The molecule has 0 aliphatic carbocycles. The molecule has 0 bridgehead atoms. The van der Waals surface area contributed by atoms with E-state index in [4.69, 9.17) is 44.3 Å². The van der Waals surface area contributed by atoms with Crippen molar-refractivity contribution in [1.29, 1.82) is 16.2 Å². The van der Waals surface area contributed by atoms with E-state index in [1.807, 2.05) is 0 Å². The summed E-state index contributed by atoms with van der Waals surface area (Å²) < 4.78 is 0. The van der Waals surface area contributed by atoms with Crippen LogP contribution in [0.2, 0.25) is 0 Å². The number of carbonyl (C=O) groups is 11. The van der Waals surface area contributed by atoms with E-state index in [-0.39, 0.29) is 83.5 Å². The third-order valence-electron chi connectivity index (χ3n) is 11.4. The summed E-state index contributed by atoms with van der Waals surface area (Å²) in [6, 6.07) is -13.5. The molecule has 0 unspecified atom stereocenters. The lowest BCUT2D eigenvalue weighted by Gasteiger charge is -2.28. The van der Waals surface area contributed by atoms with Gasteiger partial charge in [0.2, 0.25) is 53.2 Å². The summed E-state index contributed by atoms with van der Waals surface area (Å²) in [7, 11) is 2.58. The Morgan fingerprint density at radius 1 is 0.418 bits per heavy atom. The standard InChI is InChI=1S/C44H82N20O15/c1-22(33(71)63-28(19-32(69)70)34(72)53-3)57-41(79)30(21-66)64-38(76)26(12-8-18-56-44(50)51)60-36(74)24(10-6-16-54-42(46)47)59-35(73)23(9-4-5-15-45)58-39(77)27(13-14-31(67)68)62-37(75)25(11-7-17-55-43(48)49)61-40(78)29(20-65)52-2/h22-30,52,65-66H,4-21,45H2,1-3H3,(H,53,72)(H,57,79)(H,58,77)(H,59,73)(H,60,74)(H,61,78)(H,62,75)(H,63,71)(H,64,76)(H,67,68)(H,69,70)(H4,46,47,54)(H4,48,49,55)(H4,50,51,56)/t22-,23+,24-,25-,26-,27-,28-,29-,30-/m0/s1. The van der Waals surface area contributed by atoms with E-state index in [1.54, 1.807) is 0 Å². The molecule has 0 aromatic heterocycles. The molecule has 35 nitrogen and oxygen atoms in total. The molecule has 0 saturated heterocycles. The van der Waals surface area contributed by atoms with Crippen molar-refractivity contribution >= 4 is 83.0 Å². The summed E-state index contributed by atoms with van der Waals surface area (Å²) >= 11 is 0. The molecule has 0 radical (unpaired) electrons. The Morgan fingerprint density at radius 3 is 1.06 bits per heavy atom. The smallest absolute Gasteiger partial charge is 0.305 e. The van der Waals surface area contributed by atoms with E-state index in [0.29, 0.717) is 6.42 Å². The molecule has 9 amide bonds. The van der Waals surface area contributed by atoms with E-state index in [9.17, 15) is 68.1 Å². The number of aliphatic hydroxyl groups excluding tert-OH is 2. The molecule has 9 atom stereocenters. The Balaban J connectivity index is 6.93. The Labute approximate surface area is 455 Å². The average Bonchev–Trinajstić information content (AvgIpc) is 3.38. The molecule has 79 heavy (non-hydrogen) atoms. The van der Waals surface area contributed by atoms with Gasteiger partial charge in [0.15, 0.2) is 17.9 Å². The van der Waals surface area contributed by atoms with E-state index >= 15 is 0 Å². The van der Waals surface area contributed by atoms with Gasteiger partial charge in [-0.2, -0.15) is 0 Å². The Bertz CT molecular complexity index is 2080. The van der Waals surface area contributed by atoms with Crippen molar-refractivity contribution < 1.29 is 73.2 Å². The quantitative estimate of drug-likeness (QED) is 0.0154. The van der Waals surface area contributed by atoms with Crippen LogP contribution in [0.15, 0.2) is 0 Å². The largest absolute Gasteiger partial charge is 0.481 e. The van der Waals surface area contributed by atoms with Gasteiger partial charge >= 0.3 is 11.9 Å². The minimum Gasteiger partial charge on any atom is -0.481 e. The van der Waals surface area contributed by atoms with Crippen LogP contribution in [-0.2, 0) is 52.7 Å². The molecule has 28 N–H and O–H groups in total. The van der Waals surface area contributed by atoms with Crippen molar-refractivity contribution in [3.8, 4) is 0 Å². The number of carboxylic acids is 2. The number of carboxylic acid groups (broad SMARTS) is 2. The molecule has 0 fully saturated rings. The minimum absolute atomic E-state index is 0.00269. The van der Waals surface area contributed by atoms with Crippen molar-refractivity contribution in [2.24, 2.45) is 22.9 Å². The Kier molecular flexibility index (Phi) is 35.2.